The zero-order valence-electron chi connectivity index (χ0n) is 15.7. The van der Waals surface area contributed by atoms with Crippen LogP contribution in [0.4, 0.5) is 0 Å². The van der Waals surface area contributed by atoms with E-state index in [2.05, 4.69) is 17.1 Å². The molecular formula is C22H23N3O2. The van der Waals surface area contributed by atoms with Gasteiger partial charge < -0.3 is 4.90 Å². The summed E-state index contributed by atoms with van der Waals surface area (Å²) in [5, 5.41) is 0.552. The molecule has 27 heavy (non-hydrogen) atoms. The number of hydrogen-bond acceptors (Lipinski definition) is 3. The Morgan fingerprint density at radius 3 is 2.89 bits per heavy atom. The minimum Gasteiger partial charge on any atom is -0.337 e. The third-order valence-corrected chi connectivity index (χ3v) is 5.56. The maximum absolute atomic E-state index is 12.9. The van der Waals surface area contributed by atoms with E-state index in [1.54, 1.807) is 11.0 Å². The van der Waals surface area contributed by atoms with Crippen molar-refractivity contribution in [3.63, 3.8) is 0 Å². The van der Waals surface area contributed by atoms with E-state index in [4.69, 9.17) is 0 Å². The maximum Gasteiger partial charge on any atom is 0.261 e. The summed E-state index contributed by atoms with van der Waals surface area (Å²) < 4.78 is 1.41. The molecule has 0 aliphatic heterocycles. The lowest BCUT2D eigenvalue weighted by Gasteiger charge is -2.33. The predicted octanol–water partition coefficient (Wildman–Crippen LogP) is 3.24. The van der Waals surface area contributed by atoms with Gasteiger partial charge in [0.2, 0.25) is 5.91 Å². The Hall–Kier alpha value is -2.95. The minimum absolute atomic E-state index is 0.00484. The van der Waals surface area contributed by atoms with Crippen molar-refractivity contribution in [2.24, 2.45) is 0 Å². The van der Waals surface area contributed by atoms with E-state index in [1.165, 1.54) is 22.0 Å². The average molecular weight is 361 g/mol. The number of hydrogen-bond donors (Lipinski definition) is 0. The van der Waals surface area contributed by atoms with Gasteiger partial charge >= 0.3 is 0 Å². The van der Waals surface area contributed by atoms with Gasteiger partial charge in [0.1, 0.15) is 6.54 Å². The number of carbonyl (C=O) groups excluding carboxylic acids is 1. The first-order chi connectivity index (χ1) is 13.1. The van der Waals surface area contributed by atoms with Crippen LogP contribution in [0.15, 0.2) is 53.6 Å². The summed E-state index contributed by atoms with van der Waals surface area (Å²) in [5.74, 6) is -0.0763. The predicted molar refractivity (Wildman–Crippen MR) is 106 cm³/mol. The summed E-state index contributed by atoms with van der Waals surface area (Å²) >= 11 is 0. The number of carbonyl (C=O) groups is 1. The molecule has 138 valence electrons. The summed E-state index contributed by atoms with van der Waals surface area (Å²) in [5.41, 5.74) is 4.02. The van der Waals surface area contributed by atoms with E-state index >= 15 is 0 Å². The van der Waals surface area contributed by atoms with E-state index < -0.39 is 0 Å². The second-order valence-electron chi connectivity index (χ2n) is 7.26. The molecule has 1 heterocycles. The number of amides is 1. The molecular weight excluding hydrogens is 338 g/mol. The van der Waals surface area contributed by atoms with Crippen LogP contribution in [0.2, 0.25) is 0 Å². The van der Waals surface area contributed by atoms with Gasteiger partial charge in [0.25, 0.3) is 5.56 Å². The molecule has 1 unspecified atom stereocenters. The molecule has 2 aromatic carbocycles. The van der Waals surface area contributed by atoms with Crippen LogP contribution in [0.3, 0.4) is 0 Å². The van der Waals surface area contributed by atoms with Gasteiger partial charge in [0.05, 0.1) is 23.3 Å². The zero-order chi connectivity index (χ0) is 19.0. The first kappa shape index (κ1) is 17.5. The van der Waals surface area contributed by atoms with Crippen molar-refractivity contribution in [1.82, 2.24) is 14.5 Å². The van der Waals surface area contributed by atoms with Crippen molar-refractivity contribution in [2.45, 2.75) is 38.8 Å². The smallest absolute Gasteiger partial charge is 0.261 e. The quantitative estimate of drug-likeness (QED) is 0.720. The van der Waals surface area contributed by atoms with E-state index in [-0.39, 0.29) is 24.1 Å². The highest BCUT2D eigenvalue weighted by atomic mass is 16.2. The molecule has 0 saturated heterocycles. The Morgan fingerprint density at radius 2 is 2.04 bits per heavy atom. The van der Waals surface area contributed by atoms with E-state index in [1.807, 2.05) is 38.2 Å². The van der Waals surface area contributed by atoms with Crippen LogP contribution in [0, 0.1) is 6.92 Å². The monoisotopic (exact) mass is 361 g/mol. The molecule has 3 aromatic rings. The van der Waals surface area contributed by atoms with Crippen LogP contribution in [-0.2, 0) is 17.8 Å². The number of para-hydroxylation sites is 1. The highest BCUT2D eigenvalue weighted by Crippen LogP contribution is 2.33. The van der Waals surface area contributed by atoms with Gasteiger partial charge in [-0.05, 0) is 48.9 Å². The third-order valence-electron chi connectivity index (χ3n) is 5.56. The lowest BCUT2D eigenvalue weighted by Crippen LogP contribution is -2.37. The fraction of sp³-hybridized carbons (Fsp3) is 0.318. The Bertz CT molecular complexity index is 1070. The third kappa shape index (κ3) is 3.14. The second kappa shape index (κ2) is 6.99. The number of fused-ring (bicyclic) bond motifs is 2. The Morgan fingerprint density at radius 1 is 1.22 bits per heavy atom. The molecule has 1 amide bonds. The van der Waals surface area contributed by atoms with Crippen LogP contribution < -0.4 is 5.56 Å². The van der Waals surface area contributed by atoms with E-state index in [9.17, 15) is 9.59 Å². The topological polar surface area (TPSA) is 55.2 Å². The number of nitrogens with zero attached hydrogens (tertiary/aromatic N) is 3. The first-order valence-electron chi connectivity index (χ1n) is 9.34. The molecule has 0 bridgehead atoms. The number of aryl methyl sites for hydroxylation is 2. The van der Waals surface area contributed by atoms with E-state index in [0.717, 1.165) is 24.8 Å². The maximum atomic E-state index is 12.9. The van der Waals surface area contributed by atoms with Crippen molar-refractivity contribution in [3.05, 3.63) is 75.8 Å². The fourth-order valence-electron chi connectivity index (χ4n) is 4.01. The van der Waals surface area contributed by atoms with Crippen LogP contribution in [0.1, 0.15) is 35.6 Å². The molecule has 0 spiro atoms. The average Bonchev–Trinajstić information content (AvgIpc) is 2.69. The second-order valence-corrected chi connectivity index (χ2v) is 7.26. The largest absolute Gasteiger partial charge is 0.337 e. The number of rotatable bonds is 3. The van der Waals surface area contributed by atoms with Crippen LogP contribution in [0.5, 0.6) is 0 Å². The molecule has 0 saturated carbocycles. The molecule has 0 fully saturated rings. The van der Waals surface area contributed by atoms with Gasteiger partial charge in [-0.2, -0.15) is 0 Å². The highest BCUT2D eigenvalue weighted by molar-refractivity contribution is 5.81. The molecule has 0 N–H and O–H groups in total. The molecule has 4 rings (SSSR count). The van der Waals surface area contributed by atoms with Gasteiger partial charge in [-0.25, -0.2) is 4.98 Å². The summed E-state index contributed by atoms with van der Waals surface area (Å²) in [6.45, 7) is 1.93. The fourth-order valence-corrected chi connectivity index (χ4v) is 4.01. The van der Waals surface area contributed by atoms with Crippen molar-refractivity contribution in [1.29, 1.82) is 0 Å². The lowest BCUT2D eigenvalue weighted by atomic mass is 9.87. The van der Waals surface area contributed by atoms with E-state index in [0.29, 0.717) is 10.9 Å². The Kier molecular flexibility index (Phi) is 4.52. The SMILES string of the molecule is Cc1cccc2c(=O)n(CC(=O)N(C)C3CCCc4ccccc43)cnc12. The standard InChI is InChI=1S/C22H23N3O2/c1-15-7-5-11-18-21(15)23-14-25(22(18)27)13-20(26)24(2)19-12-6-9-16-8-3-4-10-17(16)19/h3-5,7-8,10-11,14,19H,6,9,12-13H2,1-2H3. The summed E-state index contributed by atoms with van der Waals surface area (Å²) in [7, 11) is 1.83. The lowest BCUT2D eigenvalue weighted by molar-refractivity contribution is -0.133. The number of benzene rings is 2. The molecule has 1 aliphatic rings. The number of likely N-dealkylation sites (N-methyl/N-ethyl adjacent to an activating group) is 1. The first-order valence-corrected chi connectivity index (χ1v) is 9.34. The van der Waals surface area contributed by atoms with Gasteiger partial charge in [0.15, 0.2) is 0 Å². The highest BCUT2D eigenvalue weighted by Gasteiger charge is 2.26. The Balaban J connectivity index is 1.61. The summed E-state index contributed by atoms with van der Waals surface area (Å²) in [4.78, 5) is 31.9. The summed E-state index contributed by atoms with van der Waals surface area (Å²) in [6, 6.07) is 13.9. The van der Waals surface area contributed by atoms with Gasteiger partial charge in [-0.3, -0.25) is 14.2 Å². The van der Waals surface area contributed by atoms with Crippen molar-refractivity contribution < 1.29 is 4.79 Å². The van der Waals surface area contributed by atoms with Crippen LogP contribution >= 0.6 is 0 Å². The van der Waals surface area contributed by atoms with Crippen LogP contribution in [0.25, 0.3) is 10.9 Å². The molecule has 5 heteroatoms. The summed E-state index contributed by atoms with van der Waals surface area (Å²) in [6.07, 6.45) is 4.56. The van der Waals surface area contributed by atoms with Crippen molar-refractivity contribution in [2.75, 3.05) is 7.05 Å². The molecule has 1 aliphatic carbocycles. The van der Waals surface area contributed by atoms with Gasteiger partial charge in [-0.1, -0.05) is 36.4 Å². The van der Waals surface area contributed by atoms with Gasteiger partial charge in [0, 0.05) is 7.05 Å². The van der Waals surface area contributed by atoms with Gasteiger partial charge in [-0.15, -0.1) is 0 Å². The van der Waals surface area contributed by atoms with Crippen LogP contribution in [-0.4, -0.2) is 27.4 Å². The molecule has 5 nitrogen and oxygen atoms in total. The van der Waals surface area contributed by atoms with Crippen molar-refractivity contribution >= 4 is 16.8 Å². The zero-order valence-corrected chi connectivity index (χ0v) is 15.7. The molecule has 1 aromatic heterocycles. The number of aromatic nitrogens is 2. The normalized spacial score (nSPS) is 16.1. The Labute approximate surface area is 158 Å². The molecule has 1 atom stereocenters. The van der Waals surface area contributed by atoms with Crippen molar-refractivity contribution in [3.8, 4) is 0 Å². The molecule has 0 radical (unpaired) electrons. The minimum atomic E-state index is -0.172.